The highest BCUT2D eigenvalue weighted by Gasteiger charge is 2.26. The van der Waals surface area contributed by atoms with E-state index >= 15 is 0 Å². The molecule has 0 atom stereocenters. The molecule has 2 aromatic rings. The molecule has 0 bridgehead atoms. The summed E-state index contributed by atoms with van der Waals surface area (Å²) < 4.78 is 37.0. The van der Waals surface area contributed by atoms with Gasteiger partial charge in [0.05, 0.1) is 23.7 Å². The van der Waals surface area contributed by atoms with Gasteiger partial charge in [0, 0.05) is 25.7 Å². The Kier molecular flexibility index (Phi) is 6.08. The van der Waals surface area contributed by atoms with E-state index in [-0.39, 0.29) is 16.4 Å². The fraction of sp³-hybridized carbons (Fsp3) is 0.263. The number of carbonyl (C=O) groups is 2. The fourth-order valence-corrected chi connectivity index (χ4v) is 4.08. The maximum absolute atomic E-state index is 12.6. The molecule has 0 aliphatic carbocycles. The van der Waals surface area contributed by atoms with Crippen molar-refractivity contribution in [1.29, 1.82) is 0 Å². The van der Waals surface area contributed by atoms with Gasteiger partial charge in [0.2, 0.25) is 15.9 Å². The van der Waals surface area contributed by atoms with Crippen LogP contribution in [0.1, 0.15) is 17.3 Å². The molecular weight excluding hydrogens is 384 g/mol. The third-order valence-corrected chi connectivity index (χ3v) is 6.00. The van der Waals surface area contributed by atoms with Crippen molar-refractivity contribution in [3.05, 3.63) is 54.1 Å². The first-order chi connectivity index (χ1) is 13.4. The molecule has 9 heteroatoms. The van der Waals surface area contributed by atoms with Crippen LogP contribution in [0, 0.1) is 0 Å². The Balaban J connectivity index is 1.67. The van der Waals surface area contributed by atoms with E-state index in [1.165, 1.54) is 35.5 Å². The number of hydrogen-bond donors (Lipinski definition) is 1. The van der Waals surface area contributed by atoms with Crippen molar-refractivity contribution < 1.29 is 27.5 Å². The lowest BCUT2D eigenvalue weighted by Gasteiger charge is -2.26. The number of carbonyl (C=O) groups excluding carboxylic acids is 2. The fourth-order valence-electron chi connectivity index (χ4n) is 2.67. The molecule has 148 valence electrons. The molecule has 2 aromatic carbocycles. The summed E-state index contributed by atoms with van der Waals surface area (Å²) >= 11 is 0. The zero-order valence-electron chi connectivity index (χ0n) is 15.3. The van der Waals surface area contributed by atoms with Gasteiger partial charge in [-0.25, -0.2) is 13.2 Å². The predicted octanol–water partition coefficient (Wildman–Crippen LogP) is 1.89. The topological polar surface area (TPSA) is 102 Å². The number of anilines is 1. The van der Waals surface area contributed by atoms with Crippen LogP contribution in [-0.2, 0) is 19.6 Å². The zero-order chi connectivity index (χ0) is 20.1. The molecule has 0 saturated carbocycles. The van der Waals surface area contributed by atoms with Gasteiger partial charge in [-0.15, -0.1) is 0 Å². The Hall–Kier alpha value is -2.75. The second-order valence-corrected chi connectivity index (χ2v) is 8.07. The zero-order valence-corrected chi connectivity index (χ0v) is 16.1. The molecule has 1 saturated heterocycles. The number of morpholine rings is 1. The molecule has 1 aliphatic rings. The van der Waals surface area contributed by atoms with Crippen LogP contribution in [0.25, 0.3) is 0 Å². The van der Waals surface area contributed by atoms with E-state index in [4.69, 9.17) is 9.47 Å². The molecule has 1 fully saturated rings. The van der Waals surface area contributed by atoms with Crippen LogP contribution in [0.2, 0.25) is 0 Å². The van der Waals surface area contributed by atoms with Crippen molar-refractivity contribution in [2.75, 3.05) is 31.6 Å². The Morgan fingerprint density at radius 3 is 2.18 bits per heavy atom. The van der Waals surface area contributed by atoms with E-state index in [0.29, 0.717) is 37.7 Å². The number of benzene rings is 2. The van der Waals surface area contributed by atoms with Crippen molar-refractivity contribution in [2.24, 2.45) is 0 Å². The molecule has 8 nitrogen and oxygen atoms in total. The van der Waals surface area contributed by atoms with Crippen LogP contribution >= 0.6 is 0 Å². The third kappa shape index (κ3) is 4.75. The highest BCUT2D eigenvalue weighted by atomic mass is 32.2. The van der Waals surface area contributed by atoms with E-state index in [1.54, 1.807) is 24.3 Å². The lowest BCUT2D eigenvalue weighted by molar-refractivity contribution is -0.114. The van der Waals surface area contributed by atoms with E-state index in [1.807, 2.05) is 0 Å². The molecule has 0 spiro atoms. The first kappa shape index (κ1) is 20.0. The maximum atomic E-state index is 12.6. The van der Waals surface area contributed by atoms with Crippen LogP contribution in [0.4, 0.5) is 5.69 Å². The molecule has 0 aromatic heterocycles. The predicted molar refractivity (Wildman–Crippen MR) is 102 cm³/mol. The summed E-state index contributed by atoms with van der Waals surface area (Å²) in [6, 6.07) is 12.0. The highest BCUT2D eigenvalue weighted by molar-refractivity contribution is 7.89. The Morgan fingerprint density at radius 2 is 1.61 bits per heavy atom. The van der Waals surface area contributed by atoms with Gasteiger partial charge in [-0.2, -0.15) is 4.31 Å². The second-order valence-electron chi connectivity index (χ2n) is 6.14. The summed E-state index contributed by atoms with van der Waals surface area (Å²) in [5.74, 6) is -0.497. The summed E-state index contributed by atoms with van der Waals surface area (Å²) in [4.78, 5) is 23.4. The number of amides is 1. The number of nitrogens with one attached hydrogen (secondary N) is 1. The van der Waals surface area contributed by atoms with Crippen molar-refractivity contribution in [3.63, 3.8) is 0 Å². The van der Waals surface area contributed by atoms with Crippen LogP contribution in [0.15, 0.2) is 53.4 Å². The van der Waals surface area contributed by atoms with Crippen molar-refractivity contribution in [2.45, 2.75) is 11.8 Å². The monoisotopic (exact) mass is 404 g/mol. The smallest absolute Gasteiger partial charge is 0.343 e. The van der Waals surface area contributed by atoms with Gasteiger partial charge >= 0.3 is 5.97 Å². The summed E-state index contributed by atoms with van der Waals surface area (Å²) in [6.45, 7) is 2.74. The molecular formula is C19H20N2O6S. The summed E-state index contributed by atoms with van der Waals surface area (Å²) in [6.07, 6.45) is 0. The maximum Gasteiger partial charge on any atom is 0.343 e. The summed E-state index contributed by atoms with van der Waals surface area (Å²) in [5.41, 5.74) is 0.817. The Bertz CT molecular complexity index is 949. The van der Waals surface area contributed by atoms with Gasteiger partial charge in [0.15, 0.2) is 0 Å². The lowest BCUT2D eigenvalue weighted by Crippen LogP contribution is -2.40. The van der Waals surface area contributed by atoms with Crippen molar-refractivity contribution in [3.8, 4) is 5.75 Å². The van der Waals surface area contributed by atoms with Crippen LogP contribution in [0.5, 0.6) is 5.75 Å². The number of ether oxygens (including phenoxy) is 2. The highest BCUT2D eigenvalue weighted by Crippen LogP contribution is 2.20. The van der Waals surface area contributed by atoms with Crippen molar-refractivity contribution in [1.82, 2.24) is 4.31 Å². The number of esters is 1. The minimum absolute atomic E-state index is 0.116. The number of rotatable bonds is 5. The molecule has 1 heterocycles. The number of nitrogens with zero attached hydrogens (tertiary/aromatic N) is 1. The minimum atomic E-state index is -3.61. The average molecular weight is 404 g/mol. The quantitative estimate of drug-likeness (QED) is 0.603. The van der Waals surface area contributed by atoms with Gasteiger partial charge in [-0.3, -0.25) is 4.79 Å². The van der Waals surface area contributed by atoms with Gasteiger partial charge in [-0.05, 0) is 48.5 Å². The first-order valence-electron chi connectivity index (χ1n) is 8.64. The molecule has 3 rings (SSSR count). The van der Waals surface area contributed by atoms with Gasteiger partial charge in [0.25, 0.3) is 0 Å². The molecule has 1 amide bonds. The van der Waals surface area contributed by atoms with Gasteiger partial charge in [-0.1, -0.05) is 0 Å². The van der Waals surface area contributed by atoms with Crippen LogP contribution < -0.4 is 10.1 Å². The number of sulfonamides is 1. The largest absolute Gasteiger partial charge is 0.423 e. The van der Waals surface area contributed by atoms with E-state index < -0.39 is 16.0 Å². The van der Waals surface area contributed by atoms with Gasteiger partial charge < -0.3 is 14.8 Å². The SMILES string of the molecule is CC(=O)Nc1ccc(OC(=O)c2ccc(S(=O)(=O)N3CCOCC3)cc2)cc1. The van der Waals surface area contributed by atoms with E-state index in [9.17, 15) is 18.0 Å². The number of hydrogen-bond acceptors (Lipinski definition) is 6. The standard InChI is InChI=1S/C19H20N2O6S/c1-14(22)20-16-4-6-17(7-5-16)27-19(23)15-2-8-18(9-3-15)28(24,25)21-10-12-26-13-11-21/h2-9H,10-13H2,1H3,(H,20,22). The second kappa shape index (κ2) is 8.51. The average Bonchev–Trinajstić information content (AvgIpc) is 2.70. The van der Waals surface area contributed by atoms with E-state index in [0.717, 1.165) is 0 Å². The molecule has 28 heavy (non-hydrogen) atoms. The van der Waals surface area contributed by atoms with Gasteiger partial charge in [0.1, 0.15) is 5.75 Å². The minimum Gasteiger partial charge on any atom is -0.423 e. The molecule has 0 radical (unpaired) electrons. The lowest BCUT2D eigenvalue weighted by atomic mass is 10.2. The Morgan fingerprint density at radius 1 is 1.00 bits per heavy atom. The molecule has 0 unspecified atom stereocenters. The first-order valence-corrected chi connectivity index (χ1v) is 10.1. The Labute approximate surface area is 163 Å². The third-order valence-electron chi connectivity index (χ3n) is 4.08. The summed E-state index contributed by atoms with van der Waals surface area (Å²) in [7, 11) is -3.61. The van der Waals surface area contributed by atoms with Crippen LogP contribution in [-0.4, -0.2) is 50.9 Å². The molecule has 1 aliphatic heterocycles. The van der Waals surface area contributed by atoms with Crippen LogP contribution in [0.3, 0.4) is 0 Å². The van der Waals surface area contributed by atoms with E-state index in [2.05, 4.69) is 5.32 Å². The summed E-state index contributed by atoms with van der Waals surface area (Å²) in [5, 5.41) is 2.62. The molecule has 1 N–H and O–H groups in total. The normalized spacial score (nSPS) is 15.0. The van der Waals surface area contributed by atoms with Crippen molar-refractivity contribution >= 4 is 27.6 Å².